The summed E-state index contributed by atoms with van der Waals surface area (Å²) in [5, 5.41) is 0. The summed E-state index contributed by atoms with van der Waals surface area (Å²) in [7, 11) is 1.64. The molecular weight excluding hydrogens is 382 g/mol. The normalized spacial score (nSPS) is 19.4. The molecule has 0 saturated carbocycles. The van der Waals surface area contributed by atoms with Crippen molar-refractivity contribution in [1.82, 2.24) is 9.88 Å². The van der Waals surface area contributed by atoms with Crippen LogP contribution in [0.2, 0.25) is 0 Å². The Bertz CT molecular complexity index is 1230. The van der Waals surface area contributed by atoms with Crippen molar-refractivity contribution in [1.29, 1.82) is 0 Å². The number of anilines is 1. The third-order valence-electron chi connectivity index (χ3n) is 5.86. The lowest BCUT2D eigenvalue weighted by Gasteiger charge is -2.25. The summed E-state index contributed by atoms with van der Waals surface area (Å²) in [5.41, 5.74) is 7.69. The Morgan fingerprint density at radius 1 is 1.17 bits per heavy atom. The minimum Gasteiger partial charge on any atom is -0.457 e. The van der Waals surface area contributed by atoms with Crippen LogP contribution < -0.4 is 5.73 Å². The molecule has 1 amide bonds. The molecule has 1 aliphatic heterocycles. The SMILES string of the molecule is CC1=C(C(=O)OCc2ccccc2)C2(C(=O)N1C)c1ccccc1-c1oc(N)nc12. The van der Waals surface area contributed by atoms with Gasteiger partial charge in [-0.3, -0.25) is 4.79 Å². The molecule has 1 aliphatic carbocycles. The van der Waals surface area contributed by atoms with E-state index in [0.29, 0.717) is 28.3 Å². The molecule has 30 heavy (non-hydrogen) atoms. The number of oxazole rings is 1. The number of benzene rings is 2. The van der Waals surface area contributed by atoms with E-state index >= 15 is 0 Å². The Morgan fingerprint density at radius 2 is 1.87 bits per heavy atom. The van der Waals surface area contributed by atoms with Gasteiger partial charge in [-0.2, -0.15) is 4.98 Å². The van der Waals surface area contributed by atoms with E-state index in [-0.39, 0.29) is 24.1 Å². The van der Waals surface area contributed by atoms with E-state index < -0.39 is 11.4 Å². The first-order valence-corrected chi connectivity index (χ1v) is 9.53. The number of rotatable bonds is 3. The van der Waals surface area contributed by atoms with E-state index in [1.165, 1.54) is 4.90 Å². The fourth-order valence-corrected chi connectivity index (χ4v) is 4.42. The quantitative estimate of drug-likeness (QED) is 0.678. The first kappa shape index (κ1) is 18.2. The fourth-order valence-electron chi connectivity index (χ4n) is 4.42. The maximum atomic E-state index is 13.6. The second-order valence-corrected chi connectivity index (χ2v) is 7.41. The molecule has 1 atom stereocenters. The number of esters is 1. The molecule has 2 N–H and O–H groups in total. The van der Waals surface area contributed by atoms with Gasteiger partial charge in [-0.1, -0.05) is 54.6 Å². The lowest BCUT2D eigenvalue weighted by Crippen LogP contribution is -2.41. The molecule has 7 heteroatoms. The molecule has 0 radical (unpaired) electrons. The van der Waals surface area contributed by atoms with Gasteiger partial charge in [0, 0.05) is 18.3 Å². The lowest BCUT2D eigenvalue weighted by molar-refractivity contribution is -0.142. The van der Waals surface area contributed by atoms with E-state index in [2.05, 4.69) is 4.98 Å². The summed E-state index contributed by atoms with van der Waals surface area (Å²) in [6.07, 6.45) is 0. The molecule has 0 fully saturated rings. The monoisotopic (exact) mass is 401 g/mol. The van der Waals surface area contributed by atoms with E-state index in [4.69, 9.17) is 14.9 Å². The molecular formula is C23H19N3O4. The zero-order valence-corrected chi connectivity index (χ0v) is 16.5. The predicted molar refractivity (Wildman–Crippen MR) is 109 cm³/mol. The van der Waals surface area contributed by atoms with Crippen LogP contribution in [-0.2, 0) is 26.3 Å². The Balaban J connectivity index is 1.67. The smallest absolute Gasteiger partial charge is 0.337 e. The van der Waals surface area contributed by atoms with Crippen LogP contribution in [0.5, 0.6) is 0 Å². The highest BCUT2D eigenvalue weighted by molar-refractivity contribution is 6.14. The molecule has 150 valence electrons. The Morgan fingerprint density at radius 3 is 2.63 bits per heavy atom. The molecule has 3 aromatic rings. The largest absolute Gasteiger partial charge is 0.457 e. The molecule has 1 aromatic heterocycles. The standard InChI is InChI=1S/C23H19N3O4/c1-13-17(20(27)29-12-14-8-4-3-5-9-14)23(21(28)26(13)2)16-11-7-6-10-15(16)18-19(23)25-22(24)30-18/h3-11H,12H2,1-2H3,(H2,24,25). The van der Waals surface area contributed by atoms with E-state index in [0.717, 1.165) is 5.56 Å². The zero-order valence-electron chi connectivity index (χ0n) is 16.5. The van der Waals surface area contributed by atoms with Gasteiger partial charge in [-0.15, -0.1) is 0 Å². The number of hydrogen-bond acceptors (Lipinski definition) is 6. The van der Waals surface area contributed by atoms with Crippen LogP contribution in [0.1, 0.15) is 23.7 Å². The number of fused-ring (bicyclic) bond motifs is 5. The van der Waals surface area contributed by atoms with Gasteiger partial charge in [0.1, 0.15) is 12.3 Å². The maximum absolute atomic E-state index is 13.6. The number of nitrogens with two attached hydrogens (primary N) is 1. The number of carbonyl (C=O) groups excluding carboxylic acids is 2. The van der Waals surface area contributed by atoms with Crippen molar-refractivity contribution in [3.05, 3.63) is 82.7 Å². The molecule has 1 unspecified atom stereocenters. The number of allylic oxidation sites excluding steroid dienone is 1. The van der Waals surface area contributed by atoms with E-state index in [1.807, 2.05) is 54.6 Å². The number of amides is 1. The highest BCUT2D eigenvalue weighted by atomic mass is 16.5. The maximum Gasteiger partial charge on any atom is 0.337 e. The van der Waals surface area contributed by atoms with Crippen LogP contribution in [0.4, 0.5) is 6.01 Å². The summed E-state index contributed by atoms with van der Waals surface area (Å²) in [5.74, 6) is -0.447. The molecule has 1 spiro atoms. The molecule has 5 rings (SSSR count). The summed E-state index contributed by atoms with van der Waals surface area (Å²) >= 11 is 0. The predicted octanol–water partition coefficient (Wildman–Crippen LogP) is 3.01. The van der Waals surface area contributed by atoms with Gasteiger partial charge in [0.25, 0.3) is 6.01 Å². The lowest BCUT2D eigenvalue weighted by atomic mass is 9.74. The minimum absolute atomic E-state index is 0.0501. The van der Waals surface area contributed by atoms with Crippen molar-refractivity contribution < 1.29 is 18.7 Å². The van der Waals surface area contributed by atoms with Gasteiger partial charge in [-0.05, 0) is 18.1 Å². The number of aromatic nitrogens is 1. The number of ether oxygens (including phenoxy) is 1. The summed E-state index contributed by atoms with van der Waals surface area (Å²) in [4.78, 5) is 32.8. The second kappa shape index (κ2) is 6.32. The third-order valence-corrected chi connectivity index (χ3v) is 5.86. The molecule has 7 nitrogen and oxygen atoms in total. The number of likely N-dealkylation sites (N-methyl/N-ethyl adjacent to an activating group) is 1. The van der Waals surface area contributed by atoms with Crippen molar-refractivity contribution >= 4 is 17.9 Å². The molecule has 0 bridgehead atoms. The zero-order chi connectivity index (χ0) is 21.0. The second-order valence-electron chi connectivity index (χ2n) is 7.41. The van der Waals surface area contributed by atoms with Gasteiger partial charge in [0.15, 0.2) is 11.2 Å². The van der Waals surface area contributed by atoms with Crippen molar-refractivity contribution in [3.8, 4) is 11.3 Å². The number of nitrogen functional groups attached to an aromatic ring is 1. The Labute approximate surface area is 172 Å². The van der Waals surface area contributed by atoms with E-state index in [1.54, 1.807) is 14.0 Å². The summed E-state index contributed by atoms with van der Waals surface area (Å²) in [6, 6.07) is 16.7. The Kier molecular flexibility index (Phi) is 3.83. The molecule has 2 heterocycles. The van der Waals surface area contributed by atoms with Gasteiger partial charge in [0.05, 0.1) is 5.57 Å². The van der Waals surface area contributed by atoms with Crippen molar-refractivity contribution in [3.63, 3.8) is 0 Å². The van der Waals surface area contributed by atoms with Crippen LogP contribution in [0.3, 0.4) is 0 Å². The average molecular weight is 401 g/mol. The number of nitrogens with zero attached hydrogens (tertiary/aromatic N) is 2. The van der Waals surface area contributed by atoms with E-state index in [9.17, 15) is 9.59 Å². The van der Waals surface area contributed by atoms with Gasteiger partial charge in [0.2, 0.25) is 5.91 Å². The number of carbonyl (C=O) groups is 2. The average Bonchev–Trinajstić information content (AvgIpc) is 3.33. The summed E-state index contributed by atoms with van der Waals surface area (Å²) < 4.78 is 11.3. The molecule has 0 saturated heterocycles. The van der Waals surface area contributed by atoms with Crippen molar-refractivity contribution in [2.45, 2.75) is 18.9 Å². The van der Waals surface area contributed by atoms with Crippen LogP contribution in [0, 0.1) is 0 Å². The van der Waals surface area contributed by atoms with Gasteiger partial charge in [-0.25, -0.2) is 4.79 Å². The van der Waals surface area contributed by atoms with Crippen molar-refractivity contribution in [2.24, 2.45) is 0 Å². The molecule has 2 aromatic carbocycles. The first-order valence-electron chi connectivity index (χ1n) is 9.53. The fraction of sp³-hybridized carbons (Fsp3) is 0.174. The van der Waals surface area contributed by atoms with Crippen LogP contribution in [0.25, 0.3) is 11.3 Å². The summed E-state index contributed by atoms with van der Waals surface area (Å²) in [6.45, 7) is 1.83. The minimum atomic E-state index is -1.43. The number of hydrogen-bond donors (Lipinski definition) is 1. The van der Waals surface area contributed by atoms with Crippen LogP contribution >= 0.6 is 0 Å². The third kappa shape index (κ3) is 2.23. The van der Waals surface area contributed by atoms with Gasteiger partial charge < -0.3 is 19.8 Å². The molecule has 2 aliphatic rings. The highest BCUT2D eigenvalue weighted by Gasteiger charge is 2.63. The first-order chi connectivity index (χ1) is 14.5. The van der Waals surface area contributed by atoms with Crippen LogP contribution in [-0.4, -0.2) is 28.8 Å². The van der Waals surface area contributed by atoms with Crippen molar-refractivity contribution in [2.75, 3.05) is 12.8 Å². The van der Waals surface area contributed by atoms with Crippen LogP contribution in [0.15, 0.2) is 70.3 Å². The highest BCUT2D eigenvalue weighted by Crippen LogP contribution is 2.57. The van der Waals surface area contributed by atoms with Gasteiger partial charge >= 0.3 is 5.97 Å². The topological polar surface area (TPSA) is 98.7 Å². The Hall–Kier alpha value is -3.87.